The summed E-state index contributed by atoms with van der Waals surface area (Å²) < 4.78 is 5.10. The molecule has 3 rings (SSSR count). The SMILES string of the molecule is CCC1=NO[C@@H](C(=O)NCc2nc(-c3cccnc3)no2)C1. The average Bonchev–Trinajstić information content (AvgIpc) is 3.22. The van der Waals surface area contributed by atoms with Crippen molar-refractivity contribution >= 4 is 11.6 Å². The molecule has 2 aromatic heterocycles. The lowest BCUT2D eigenvalue weighted by molar-refractivity contribution is -0.131. The smallest absolute Gasteiger partial charge is 0.264 e. The van der Waals surface area contributed by atoms with Gasteiger partial charge in [-0.15, -0.1) is 0 Å². The molecule has 0 spiro atoms. The van der Waals surface area contributed by atoms with Crippen LogP contribution < -0.4 is 5.32 Å². The molecule has 22 heavy (non-hydrogen) atoms. The van der Waals surface area contributed by atoms with Crippen LogP contribution in [0.5, 0.6) is 0 Å². The molecule has 114 valence electrons. The van der Waals surface area contributed by atoms with Crippen LogP contribution in [0.25, 0.3) is 11.4 Å². The number of nitrogens with zero attached hydrogens (tertiary/aromatic N) is 4. The summed E-state index contributed by atoms with van der Waals surface area (Å²) in [5, 5.41) is 10.4. The van der Waals surface area contributed by atoms with Crippen molar-refractivity contribution in [1.82, 2.24) is 20.4 Å². The van der Waals surface area contributed by atoms with E-state index in [0.29, 0.717) is 18.1 Å². The molecule has 0 aromatic carbocycles. The van der Waals surface area contributed by atoms with Gasteiger partial charge in [-0.25, -0.2) is 0 Å². The topological polar surface area (TPSA) is 102 Å². The van der Waals surface area contributed by atoms with Crippen LogP contribution in [0.1, 0.15) is 25.7 Å². The minimum absolute atomic E-state index is 0.146. The lowest BCUT2D eigenvalue weighted by Gasteiger charge is -2.07. The summed E-state index contributed by atoms with van der Waals surface area (Å²) in [5.74, 6) is 0.515. The van der Waals surface area contributed by atoms with E-state index in [9.17, 15) is 4.79 Å². The number of hydrogen-bond donors (Lipinski definition) is 1. The second kappa shape index (κ2) is 6.33. The van der Waals surface area contributed by atoms with Gasteiger partial charge in [0.15, 0.2) is 0 Å². The number of rotatable bonds is 5. The molecule has 1 aliphatic heterocycles. The predicted octanol–water partition coefficient (Wildman–Crippen LogP) is 1.30. The molecule has 8 nitrogen and oxygen atoms in total. The van der Waals surface area contributed by atoms with Crippen molar-refractivity contribution in [2.45, 2.75) is 32.4 Å². The lowest BCUT2D eigenvalue weighted by atomic mass is 10.1. The Bertz CT molecular complexity index is 683. The maximum Gasteiger partial charge on any atom is 0.264 e. The Hall–Kier alpha value is -2.77. The maximum absolute atomic E-state index is 11.9. The van der Waals surface area contributed by atoms with Gasteiger partial charge in [-0.3, -0.25) is 9.78 Å². The van der Waals surface area contributed by atoms with Crippen molar-refractivity contribution in [3.05, 3.63) is 30.4 Å². The van der Waals surface area contributed by atoms with E-state index in [1.165, 1.54) is 0 Å². The molecule has 8 heteroatoms. The second-order valence-electron chi connectivity index (χ2n) is 4.78. The molecule has 1 aliphatic rings. The fraction of sp³-hybridized carbons (Fsp3) is 0.357. The number of hydrogen-bond acceptors (Lipinski definition) is 7. The molecule has 0 saturated heterocycles. The van der Waals surface area contributed by atoms with E-state index in [4.69, 9.17) is 9.36 Å². The minimum atomic E-state index is -0.573. The van der Waals surface area contributed by atoms with E-state index >= 15 is 0 Å². The van der Waals surface area contributed by atoms with Crippen LogP contribution in [0, 0.1) is 0 Å². The summed E-state index contributed by atoms with van der Waals surface area (Å²) in [5.41, 5.74) is 1.64. The van der Waals surface area contributed by atoms with Gasteiger partial charge in [0.05, 0.1) is 12.3 Å². The normalized spacial score (nSPS) is 17.0. The van der Waals surface area contributed by atoms with Gasteiger partial charge in [0.2, 0.25) is 17.8 Å². The molecule has 0 radical (unpaired) electrons. The summed E-state index contributed by atoms with van der Waals surface area (Å²) in [6.45, 7) is 2.12. The van der Waals surface area contributed by atoms with E-state index < -0.39 is 6.10 Å². The van der Waals surface area contributed by atoms with Gasteiger partial charge in [0.25, 0.3) is 5.91 Å². The number of nitrogens with one attached hydrogen (secondary N) is 1. The summed E-state index contributed by atoms with van der Waals surface area (Å²) in [6, 6.07) is 3.62. The summed E-state index contributed by atoms with van der Waals surface area (Å²) in [7, 11) is 0. The molecule has 3 heterocycles. The van der Waals surface area contributed by atoms with E-state index in [0.717, 1.165) is 17.7 Å². The first-order valence-electron chi connectivity index (χ1n) is 6.98. The predicted molar refractivity (Wildman–Crippen MR) is 76.6 cm³/mol. The van der Waals surface area contributed by atoms with Gasteiger partial charge in [0, 0.05) is 24.4 Å². The Balaban J connectivity index is 1.54. The first-order chi connectivity index (χ1) is 10.8. The highest BCUT2D eigenvalue weighted by molar-refractivity contribution is 5.92. The maximum atomic E-state index is 11.9. The molecule has 2 aromatic rings. The van der Waals surface area contributed by atoms with Crippen molar-refractivity contribution in [3.63, 3.8) is 0 Å². The molecule has 0 aliphatic carbocycles. The summed E-state index contributed by atoms with van der Waals surface area (Å²) in [6.07, 6.45) is 4.03. The summed E-state index contributed by atoms with van der Waals surface area (Å²) in [4.78, 5) is 25.2. The highest BCUT2D eigenvalue weighted by Gasteiger charge is 2.27. The van der Waals surface area contributed by atoms with Crippen LogP contribution >= 0.6 is 0 Å². The molecule has 0 unspecified atom stereocenters. The fourth-order valence-electron chi connectivity index (χ4n) is 1.99. The van der Waals surface area contributed by atoms with Gasteiger partial charge in [0.1, 0.15) is 0 Å². The molecule has 1 atom stereocenters. The third kappa shape index (κ3) is 3.11. The van der Waals surface area contributed by atoms with Crippen molar-refractivity contribution in [3.8, 4) is 11.4 Å². The van der Waals surface area contributed by atoms with Crippen molar-refractivity contribution < 1.29 is 14.2 Å². The van der Waals surface area contributed by atoms with E-state index in [1.807, 2.05) is 13.0 Å². The van der Waals surface area contributed by atoms with Crippen molar-refractivity contribution in [2.75, 3.05) is 0 Å². The monoisotopic (exact) mass is 301 g/mol. The van der Waals surface area contributed by atoms with Crippen molar-refractivity contribution in [1.29, 1.82) is 0 Å². The molecular formula is C14H15N5O3. The largest absolute Gasteiger partial charge is 0.382 e. The van der Waals surface area contributed by atoms with Gasteiger partial charge < -0.3 is 14.7 Å². The molecule has 0 fully saturated rings. The van der Waals surface area contributed by atoms with Crippen LogP contribution in [0.4, 0.5) is 0 Å². The Morgan fingerprint density at radius 3 is 3.14 bits per heavy atom. The Kier molecular flexibility index (Phi) is 4.08. The zero-order valence-electron chi connectivity index (χ0n) is 12.0. The third-order valence-corrected chi connectivity index (χ3v) is 3.23. The second-order valence-corrected chi connectivity index (χ2v) is 4.78. The highest BCUT2D eigenvalue weighted by atomic mass is 16.6. The molecule has 1 N–H and O–H groups in total. The van der Waals surface area contributed by atoms with E-state index in [2.05, 4.69) is 25.6 Å². The standard InChI is InChI=1S/C14H15N5O3/c1-2-10-6-11(21-18-10)14(20)16-8-12-17-13(19-22-12)9-4-3-5-15-7-9/h3-5,7,11H,2,6,8H2,1H3,(H,16,20)/t11-/m1/s1. The quantitative estimate of drug-likeness (QED) is 0.893. The molecule has 0 saturated carbocycles. The number of pyridine rings is 1. The Labute approximate surface area is 126 Å². The zero-order valence-corrected chi connectivity index (χ0v) is 12.0. The van der Waals surface area contributed by atoms with Crippen LogP contribution in [0.15, 0.2) is 34.2 Å². The molecule has 1 amide bonds. The average molecular weight is 301 g/mol. The van der Waals surface area contributed by atoms with E-state index in [-0.39, 0.29) is 12.5 Å². The summed E-state index contributed by atoms with van der Waals surface area (Å²) >= 11 is 0. The highest BCUT2D eigenvalue weighted by Crippen LogP contribution is 2.14. The number of oxime groups is 1. The number of aromatic nitrogens is 3. The number of carbonyl (C=O) groups is 1. The third-order valence-electron chi connectivity index (χ3n) is 3.23. The lowest BCUT2D eigenvalue weighted by Crippen LogP contribution is -2.34. The van der Waals surface area contributed by atoms with Gasteiger partial charge >= 0.3 is 0 Å². The van der Waals surface area contributed by atoms with Gasteiger partial charge in [-0.05, 0) is 18.6 Å². The van der Waals surface area contributed by atoms with Gasteiger partial charge in [-0.1, -0.05) is 17.2 Å². The number of amides is 1. The minimum Gasteiger partial charge on any atom is -0.382 e. The fourth-order valence-corrected chi connectivity index (χ4v) is 1.99. The van der Waals surface area contributed by atoms with Gasteiger partial charge in [-0.2, -0.15) is 4.98 Å². The van der Waals surface area contributed by atoms with Crippen LogP contribution in [0.3, 0.4) is 0 Å². The Morgan fingerprint density at radius 2 is 2.41 bits per heavy atom. The molecular weight excluding hydrogens is 286 g/mol. The number of carbonyl (C=O) groups excluding carboxylic acids is 1. The van der Waals surface area contributed by atoms with Crippen molar-refractivity contribution in [2.24, 2.45) is 5.16 Å². The van der Waals surface area contributed by atoms with Crippen LogP contribution in [-0.2, 0) is 16.2 Å². The van der Waals surface area contributed by atoms with E-state index in [1.54, 1.807) is 18.5 Å². The van der Waals surface area contributed by atoms with Crippen LogP contribution in [-0.4, -0.2) is 32.8 Å². The first kappa shape index (κ1) is 14.2. The Morgan fingerprint density at radius 1 is 1.50 bits per heavy atom. The zero-order chi connectivity index (χ0) is 15.4. The molecule has 0 bridgehead atoms. The first-order valence-corrected chi connectivity index (χ1v) is 6.98. The van der Waals surface area contributed by atoms with Crippen LogP contribution in [0.2, 0.25) is 0 Å².